The van der Waals surface area contributed by atoms with Crippen molar-refractivity contribution in [2.75, 3.05) is 33.2 Å². The summed E-state index contributed by atoms with van der Waals surface area (Å²) in [5.74, 6) is -0.758. The zero-order chi connectivity index (χ0) is 32.4. The molecule has 3 aromatic rings. The number of allylic oxidation sites excluding steroid dienone is 1. The molecule has 242 valence electrons. The van der Waals surface area contributed by atoms with Crippen LogP contribution in [-0.4, -0.2) is 84.0 Å². The summed E-state index contributed by atoms with van der Waals surface area (Å²) in [6.07, 6.45) is 6.15. The number of carbonyl (C=O) groups is 3. The van der Waals surface area contributed by atoms with Crippen molar-refractivity contribution in [2.24, 2.45) is 5.92 Å². The van der Waals surface area contributed by atoms with E-state index in [4.69, 9.17) is 4.74 Å². The Hall–Kier alpha value is -4.38. The van der Waals surface area contributed by atoms with Gasteiger partial charge in [-0.05, 0) is 86.7 Å². The Bertz CT molecular complexity index is 1660. The Morgan fingerprint density at radius 2 is 1.91 bits per heavy atom. The van der Waals surface area contributed by atoms with Crippen LogP contribution in [0.4, 0.5) is 8.78 Å². The number of hydrogen-bond acceptors (Lipinski definition) is 6. The quantitative estimate of drug-likeness (QED) is 0.344. The maximum atomic E-state index is 14.6. The number of halogens is 2. The van der Waals surface area contributed by atoms with Crippen molar-refractivity contribution < 1.29 is 27.9 Å². The van der Waals surface area contributed by atoms with E-state index >= 15 is 0 Å². The molecule has 0 unspecified atom stereocenters. The fourth-order valence-corrected chi connectivity index (χ4v) is 6.13. The number of fused-ring (bicyclic) bond motifs is 1. The number of nitrogens with one attached hydrogen (secondary N) is 2. The number of benzene rings is 2. The molecule has 2 aromatic carbocycles. The van der Waals surface area contributed by atoms with Crippen molar-refractivity contribution in [2.45, 2.75) is 57.0 Å². The van der Waals surface area contributed by atoms with Gasteiger partial charge in [0.05, 0.1) is 24.6 Å². The smallest absolute Gasteiger partial charge is 0.270 e. The Morgan fingerprint density at radius 3 is 2.67 bits per heavy atom. The first-order valence-corrected chi connectivity index (χ1v) is 15.9. The van der Waals surface area contributed by atoms with E-state index < -0.39 is 48.3 Å². The lowest BCUT2D eigenvalue weighted by Gasteiger charge is -2.26. The SMILES string of the molecule is C[C@H](NC(=O)[C@@H]1C[C@@H](F)CN1C(=O)CNC(=O)c1ccc2cc(F)ccc2n1)c1cc(O[C@@H]2CCN(C)C2)ccc1/C=C/C1CC1. The van der Waals surface area contributed by atoms with Gasteiger partial charge < -0.3 is 25.2 Å². The van der Waals surface area contributed by atoms with E-state index in [9.17, 15) is 23.2 Å². The van der Waals surface area contributed by atoms with Crippen LogP contribution in [0.3, 0.4) is 0 Å². The molecule has 11 heteroatoms. The highest BCUT2D eigenvalue weighted by Gasteiger charge is 2.40. The maximum absolute atomic E-state index is 14.6. The highest BCUT2D eigenvalue weighted by atomic mass is 19.1. The second kappa shape index (κ2) is 13.5. The Kier molecular flexibility index (Phi) is 9.30. The Labute approximate surface area is 267 Å². The van der Waals surface area contributed by atoms with E-state index in [-0.39, 0.29) is 24.8 Å². The summed E-state index contributed by atoms with van der Waals surface area (Å²) >= 11 is 0. The molecule has 4 atom stereocenters. The van der Waals surface area contributed by atoms with E-state index in [0.29, 0.717) is 16.8 Å². The number of pyridine rings is 1. The molecule has 46 heavy (non-hydrogen) atoms. The van der Waals surface area contributed by atoms with E-state index in [1.54, 1.807) is 6.07 Å². The molecular formula is C35H39F2N5O4. The molecule has 0 bridgehead atoms. The first-order chi connectivity index (χ1) is 22.1. The van der Waals surface area contributed by atoms with Gasteiger partial charge >= 0.3 is 0 Å². The van der Waals surface area contributed by atoms with Crippen LogP contribution in [0.25, 0.3) is 17.0 Å². The lowest BCUT2D eigenvalue weighted by Crippen LogP contribution is -2.49. The largest absolute Gasteiger partial charge is 0.489 e. The van der Waals surface area contributed by atoms with Gasteiger partial charge in [0.25, 0.3) is 5.91 Å². The predicted octanol–water partition coefficient (Wildman–Crippen LogP) is 4.43. The molecule has 3 amide bonds. The summed E-state index contributed by atoms with van der Waals surface area (Å²) in [4.78, 5) is 47.1. The van der Waals surface area contributed by atoms with Crippen LogP contribution in [0, 0.1) is 11.7 Å². The maximum Gasteiger partial charge on any atom is 0.270 e. The van der Waals surface area contributed by atoms with Crippen LogP contribution in [0.2, 0.25) is 0 Å². The van der Waals surface area contributed by atoms with E-state index in [2.05, 4.69) is 39.7 Å². The molecule has 0 spiro atoms. The number of hydrogen-bond donors (Lipinski definition) is 2. The zero-order valence-electron chi connectivity index (χ0n) is 26.0. The molecular weight excluding hydrogens is 592 g/mol. The van der Waals surface area contributed by atoms with Gasteiger partial charge in [-0.15, -0.1) is 0 Å². The van der Waals surface area contributed by atoms with Crippen molar-refractivity contribution >= 4 is 34.7 Å². The standard InChI is InChI=1S/C35H39F2N5O4/c1-21(29-17-27(46-28-13-14-41(2)20-28)10-7-23(29)6-5-22-3-4-22)39-35(45)32-16-26(37)19-42(32)33(43)18-38-34(44)31-11-8-24-15-25(36)9-12-30(24)40-31/h5-12,15,17,21-22,26,28,32H,3-4,13-14,16,18-20H2,1-2H3,(H,38,44)(H,39,45)/b6-5+/t21-,26+,28+,32-/m0/s1. The number of amides is 3. The molecule has 1 aliphatic carbocycles. The van der Waals surface area contributed by atoms with E-state index in [0.717, 1.165) is 36.4 Å². The van der Waals surface area contributed by atoms with Crippen LogP contribution in [-0.2, 0) is 9.59 Å². The molecule has 9 nitrogen and oxygen atoms in total. The molecule has 2 N–H and O–H groups in total. The van der Waals surface area contributed by atoms with Gasteiger partial charge in [0.15, 0.2) is 0 Å². The van der Waals surface area contributed by atoms with Crippen molar-refractivity contribution in [3.63, 3.8) is 0 Å². The van der Waals surface area contributed by atoms with Crippen molar-refractivity contribution in [3.05, 3.63) is 77.2 Å². The highest BCUT2D eigenvalue weighted by molar-refractivity contribution is 5.97. The average molecular weight is 632 g/mol. The summed E-state index contributed by atoms with van der Waals surface area (Å²) in [5.41, 5.74) is 2.33. The Balaban J connectivity index is 1.11. The lowest BCUT2D eigenvalue weighted by atomic mass is 9.99. The molecule has 3 aliphatic rings. The highest BCUT2D eigenvalue weighted by Crippen LogP contribution is 2.33. The third kappa shape index (κ3) is 7.52. The number of likely N-dealkylation sites (N-methyl/N-ethyl adjacent to an activating group) is 1. The van der Waals surface area contributed by atoms with E-state index in [1.165, 1.54) is 42.0 Å². The zero-order valence-corrected chi connectivity index (χ0v) is 26.0. The minimum Gasteiger partial charge on any atom is -0.489 e. The molecule has 3 heterocycles. The fraction of sp³-hybridized carbons (Fsp3) is 0.429. The Morgan fingerprint density at radius 1 is 1.09 bits per heavy atom. The van der Waals surface area contributed by atoms with Gasteiger partial charge in [-0.25, -0.2) is 13.8 Å². The number of carbonyl (C=O) groups excluding carboxylic acids is 3. The summed E-state index contributed by atoms with van der Waals surface area (Å²) in [6, 6.07) is 11.5. The molecule has 1 aromatic heterocycles. The number of likely N-dealkylation sites (tertiary alicyclic amines) is 2. The number of ether oxygens (including phenoxy) is 1. The summed E-state index contributed by atoms with van der Waals surface area (Å²) in [6.45, 7) is 3.02. The third-order valence-corrected chi connectivity index (χ3v) is 8.86. The molecule has 6 rings (SSSR count). The van der Waals surface area contributed by atoms with Crippen molar-refractivity contribution in [1.82, 2.24) is 25.4 Å². The van der Waals surface area contributed by atoms with Crippen molar-refractivity contribution in [1.29, 1.82) is 0 Å². The number of aromatic nitrogens is 1. The number of rotatable bonds is 10. The summed E-state index contributed by atoms with van der Waals surface area (Å²) in [7, 11) is 2.07. The molecule has 0 radical (unpaired) electrons. The van der Waals surface area contributed by atoms with Gasteiger partial charge in [0.1, 0.15) is 35.6 Å². The second-order valence-electron chi connectivity index (χ2n) is 12.6. The monoisotopic (exact) mass is 631 g/mol. The minimum absolute atomic E-state index is 0.0533. The van der Waals surface area contributed by atoms with Crippen LogP contribution in [0.5, 0.6) is 5.75 Å². The molecule has 1 saturated carbocycles. The first kappa shape index (κ1) is 31.6. The lowest BCUT2D eigenvalue weighted by molar-refractivity contribution is -0.138. The van der Waals surface area contributed by atoms with Crippen LogP contribution >= 0.6 is 0 Å². The van der Waals surface area contributed by atoms with Crippen LogP contribution < -0.4 is 15.4 Å². The average Bonchev–Trinajstić information content (AvgIpc) is 3.65. The van der Waals surface area contributed by atoms with Crippen LogP contribution in [0.1, 0.15) is 60.3 Å². The topological polar surface area (TPSA) is 104 Å². The molecule has 2 saturated heterocycles. The normalized spacial score (nSPS) is 22.3. The van der Waals surface area contributed by atoms with Gasteiger partial charge in [0, 0.05) is 24.9 Å². The predicted molar refractivity (Wildman–Crippen MR) is 170 cm³/mol. The first-order valence-electron chi connectivity index (χ1n) is 15.9. The fourth-order valence-electron chi connectivity index (χ4n) is 6.13. The third-order valence-electron chi connectivity index (χ3n) is 8.86. The van der Waals surface area contributed by atoms with Crippen molar-refractivity contribution in [3.8, 4) is 5.75 Å². The summed E-state index contributed by atoms with van der Waals surface area (Å²) < 4.78 is 34.4. The van der Waals surface area contributed by atoms with Gasteiger partial charge in [-0.2, -0.15) is 0 Å². The van der Waals surface area contributed by atoms with Crippen LogP contribution in [0.15, 0.2) is 54.6 Å². The van der Waals surface area contributed by atoms with Gasteiger partial charge in [-0.3, -0.25) is 14.4 Å². The molecule has 3 fully saturated rings. The second-order valence-corrected chi connectivity index (χ2v) is 12.6. The van der Waals surface area contributed by atoms with Gasteiger partial charge in [-0.1, -0.05) is 24.3 Å². The van der Waals surface area contributed by atoms with Gasteiger partial charge in [0.2, 0.25) is 11.8 Å². The van der Waals surface area contributed by atoms with E-state index in [1.807, 2.05) is 25.1 Å². The minimum atomic E-state index is -1.37. The summed E-state index contributed by atoms with van der Waals surface area (Å²) in [5, 5.41) is 6.06. The number of alkyl halides is 1. The molecule has 2 aliphatic heterocycles. The number of nitrogens with zero attached hydrogens (tertiary/aromatic N) is 3.